The fraction of sp³-hybridized carbons (Fsp3) is 0.556. The van der Waals surface area contributed by atoms with E-state index in [1.54, 1.807) is 0 Å². The molecule has 0 N–H and O–H groups in total. The summed E-state index contributed by atoms with van der Waals surface area (Å²) >= 11 is 0. The number of hydrogen-bond donors (Lipinski definition) is 0. The zero-order chi connectivity index (χ0) is 15.2. The maximum atomic E-state index is 3.93. The Morgan fingerprint density at radius 1 is 1.15 bits per heavy atom. The van der Waals surface area contributed by atoms with Gasteiger partial charge in [-0.1, -0.05) is 53.2 Å². The standard InChI is InChI=1S/C9H10N2.C7H14.C2H6/c1-8-10(2)7-9-5-3-4-6-11(8)9;1-3-7(4-2)5-6-7;1-2/h3-7H,1H2,2H3;3-6H2,1-2H3;1-2H3. The van der Waals surface area contributed by atoms with E-state index in [1.807, 2.05) is 44.1 Å². The van der Waals surface area contributed by atoms with Gasteiger partial charge in [0.2, 0.25) is 0 Å². The average Bonchev–Trinajstić information content (AvgIpc) is 3.25. The second kappa shape index (κ2) is 7.37. The Bertz CT molecular complexity index is 405. The van der Waals surface area contributed by atoms with Crippen molar-refractivity contribution >= 4 is 0 Å². The number of rotatable bonds is 2. The van der Waals surface area contributed by atoms with Gasteiger partial charge in [0.05, 0.1) is 5.70 Å². The fourth-order valence-electron chi connectivity index (χ4n) is 2.37. The van der Waals surface area contributed by atoms with E-state index in [0.29, 0.717) is 0 Å². The highest BCUT2D eigenvalue weighted by atomic mass is 15.4. The highest BCUT2D eigenvalue weighted by Crippen LogP contribution is 2.51. The summed E-state index contributed by atoms with van der Waals surface area (Å²) in [5.74, 6) is 1.00. The predicted molar refractivity (Wildman–Crippen MR) is 88.7 cm³/mol. The highest BCUT2D eigenvalue weighted by molar-refractivity contribution is 5.35. The van der Waals surface area contributed by atoms with Crippen molar-refractivity contribution in [1.29, 1.82) is 0 Å². The van der Waals surface area contributed by atoms with Crippen molar-refractivity contribution in [3.63, 3.8) is 0 Å². The van der Waals surface area contributed by atoms with Gasteiger partial charge in [-0.25, -0.2) is 0 Å². The summed E-state index contributed by atoms with van der Waals surface area (Å²) < 4.78 is 0. The largest absolute Gasteiger partial charge is 0.336 e. The minimum Gasteiger partial charge on any atom is -0.336 e. The molecule has 0 radical (unpaired) electrons. The summed E-state index contributed by atoms with van der Waals surface area (Å²) in [4.78, 5) is 4.06. The Morgan fingerprint density at radius 2 is 1.75 bits per heavy atom. The van der Waals surface area contributed by atoms with Gasteiger partial charge in [-0.05, 0) is 30.4 Å². The lowest BCUT2D eigenvalue weighted by Crippen LogP contribution is -2.16. The molecule has 0 spiro atoms. The maximum absolute atomic E-state index is 3.93. The van der Waals surface area contributed by atoms with Gasteiger partial charge >= 0.3 is 0 Å². The molecular formula is C18H30N2. The van der Waals surface area contributed by atoms with Crippen molar-refractivity contribution < 1.29 is 0 Å². The van der Waals surface area contributed by atoms with Crippen LogP contribution >= 0.6 is 0 Å². The minimum atomic E-state index is 0.833. The van der Waals surface area contributed by atoms with Gasteiger partial charge < -0.3 is 9.80 Å². The highest BCUT2D eigenvalue weighted by Gasteiger charge is 2.37. The molecule has 2 nitrogen and oxygen atoms in total. The Morgan fingerprint density at radius 3 is 2.15 bits per heavy atom. The van der Waals surface area contributed by atoms with Crippen LogP contribution in [0.1, 0.15) is 53.4 Å². The van der Waals surface area contributed by atoms with Gasteiger partial charge in [0.1, 0.15) is 5.82 Å². The van der Waals surface area contributed by atoms with Crippen LogP contribution in [0.2, 0.25) is 0 Å². The molecule has 3 rings (SSSR count). The van der Waals surface area contributed by atoms with E-state index in [9.17, 15) is 0 Å². The molecule has 1 fully saturated rings. The lowest BCUT2D eigenvalue weighted by Gasteiger charge is -2.20. The summed E-state index contributed by atoms with van der Waals surface area (Å²) in [5, 5.41) is 0. The average molecular weight is 274 g/mol. The monoisotopic (exact) mass is 274 g/mol. The van der Waals surface area contributed by atoms with E-state index in [1.165, 1.54) is 31.4 Å². The van der Waals surface area contributed by atoms with Crippen LogP contribution in [0.15, 0.2) is 48.7 Å². The molecule has 2 heterocycles. The molecular weight excluding hydrogens is 244 g/mol. The molecule has 0 unspecified atom stereocenters. The molecule has 2 heteroatoms. The Balaban J connectivity index is 0.000000193. The van der Waals surface area contributed by atoms with E-state index >= 15 is 0 Å². The third-order valence-electron chi connectivity index (χ3n) is 4.36. The van der Waals surface area contributed by atoms with Crippen LogP contribution in [-0.2, 0) is 0 Å². The van der Waals surface area contributed by atoms with Gasteiger partial charge in [-0.2, -0.15) is 0 Å². The van der Waals surface area contributed by atoms with Crippen LogP contribution in [0.4, 0.5) is 0 Å². The molecule has 0 saturated heterocycles. The molecule has 0 bridgehead atoms. The molecule has 1 aliphatic carbocycles. The summed E-state index contributed by atoms with van der Waals surface area (Å²) in [6.45, 7) is 12.5. The summed E-state index contributed by atoms with van der Waals surface area (Å²) in [6, 6.07) is 0. The summed E-state index contributed by atoms with van der Waals surface area (Å²) in [6.07, 6.45) is 16.0. The van der Waals surface area contributed by atoms with E-state index in [0.717, 1.165) is 11.2 Å². The van der Waals surface area contributed by atoms with E-state index < -0.39 is 0 Å². The van der Waals surface area contributed by atoms with E-state index in [2.05, 4.69) is 37.6 Å². The van der Waals surface area contributed by atoms with Crippen LogP contribution in [-0.4, -0.2) is 16.8 Å². The molecule has 20 heavy (non-hydrogen) atoms. The first kappa shape index (κ1) is 16.6. The van der Waals surface area contributed by atoms with Crippen LogP contribution in [0, 0.1) is 5.41 Å². The first-order valence-corrected chi connectivity index (χ1v) is 7.89. The molecule has 0 amide bonds. The molecule has 0 atom stereocenters. The van der Waals surface area contributed by atoms with Crippen molar-refractivity contribution in [2.75, 3.05) is 7.05 Å². The number of fused-ring (bicyclic) bond motifs is 1. The van der Waals surface area contributed by atoms with Gasteiger partial charge in [-0.3, -0.25) is 0 Å². The van der Waals surface area contributed by atoms with Gasteiger partial charge in [0.15, 0.2) is 0 Å². The molecule has 2 aliphatic heterocycles. The SMILES string of the molecule is C=C1N(C)C=C2C=CC=CN12.CC.CCC1(CC)CC1. The van der Waals surface area contributed by atoms with E-state index in [-0.39, 0.29) is 0 Å². The number of nitrogens with zero attached hydrogens (tertiary/aromatic N) is 2. The summed E-state index contributed by atoms with van der Waals surface area (Å²) in [5.41, 5.74) is 2.01. The Hall–Kier alpha value is -1.44. The van der Waals surface area contributed by atoms with Crippen molar-refractivity contribution in [2.24, 2.45) is 5.41 Å². The van der Waals surface area contributed by atoms with Gasteiger partial charge in [-0.15, -0.1) is 0 Å². The second-order valence-corrected chi connectivity index (χ2v) is 5.36. The van der Waals surface area contributed by atoms with Gasteiger partial charge in [0.25, 0.3) is 0 Å². The van der Waals surface area contributed by atoms with Gasteiger partial charge in [0, 0.05) is 19.4 Å². The molecule has 3 aliphatic rings. The number of allylic oxidation sites excluding steroid dienone is 3. The van der Waals surface area contributed by atoms with Crippen LogP contribution in [0.25, 0.3) is 0 Å². The third kappa shape index (κ3) is 3.78. The first-order valence-electron chi connectivity index (χ1n) is 7.89. The van der Waals surface area contributed by atoms with Crippen LogP contribution in [0.5, 0.6) is 0 Å². The predicted octanol–water partition coefficient (Wildman–Crippen LogP) is 5.24. The smallest absolute Gasteiger partial charge is 0.109 e. The van der Waals surface area contributed by atoms with Crippen molar-refractivity contribution in [2.45, 2.75) is 53.4 Å². The molecule has 0 aromatic heterocycles. The van der Waals surface area contributed by atoms with Crippen LogP contribution < -0.4 is 0 Å². The second-order valence-electron chi connectivity index (χ2n) is 5.36. The zero-order valence-corrected chi connectivity index (χ0v) is 13.8. The normalized spacial score (nSPS) is 20.4. The lowest BCUT2D eigenvalue weighted by atomic mass is 10.0. The molecule has 0 aromatic rings. The first-order chi connectivity index (χ1) is 9.62. The fourth-order valence-corrected chi connectivity index (χ4v) is 2.37. The number of hydrogen-bond acceptors (Lipinski definition) is 2. The molecule has 112 valence electrons. The third-order valence-corrected chi connectivity index (χ3v) is 4.36. The molecule has 0 aromatic carbocycles. The Labute approximate surface area is 125 Å². The minimum absolute atomic E-state index is 0.833. The van der Waals surface area contributed by atoms with Crippen molar-refractivity contribution in [1.82, 2.24) is 9.80 Å². The Kier molecular flexibility index (Phi) is 6.12. The summed E-state index contributed by atoms with van der Waals surface area (Å²) in [7, 11) is 2.00. The molecule has 1 saturated carbocycles. The van der Waals surface area contributed by atoms with Crippen LogP contribution in [0.3, 0.4) is 0 Å². The zero-order valence-electron chi connectivity index (χ0n) is 13.8. The lowest BCUT2D eigenvalue weighted by molar-refractivity contribution is 0.469. The van der Waals surface area contributed by atoms with Crippen molar-refractivity contribution in [3.05, 3.63) is 48.7 Å². The quantitative estimate of drug-likeness (QED) is 0.679. The van der Waals surface area contributed by atoms with E-state index in [4.69, 9.17) is 0 Å². The van der Waals surface area contributed by atoms with Crippen molar-refractivity contribution in [3.8, 4) is 0 Å². The maximum Gasteiger partial charge on any atom is 0.109 e. The topological polar surface area (TPSA) is 6.48 Å².